The Morgan fingerprint density at radius 1 is 1.50 bits per heavy atom. The summed E-state index contributed by atoms with van der Waals surface area (Å²) < 4.78 is 23.5. The van der Waals surface area contributed by atoms with Crippen LogP contribution in [0.5, 0.6) is 5.75 Å². The summed E-state index contributed by atoms with van der Waals surface area (Å²) in [5, 5.41) is 0. The van der Waals surface area contributed by atoms with Crippen LogP contribution >= 0.6 is 0 Å². The van der Waals surface area contributed by atoms with Crippen molar-refractivity contribution in [3.8, 4) is 5.75 Å². The minimum absolute atomic E-state index is 0.0721. The second kappa shape index (κ2) is 6.96. The van der Waals surface area contributed by atoms with Crippen molar-refractivity contribution in [2.45, 2.75) is 26.3 Å². The van der Waals surface area contributed by atoms with Crippen LogP contribution in [0, 0.1) is 5.82 Å². The number of para-hydroxylation sites is 1. The zero-order valence-electron chi connectivity index (χ0n) is 10.6. The fourth-order valence-corrected chi connectivity index (χ4v) is 1.56. The second-order valence-electron chi connectivity index (χ2n) is 4.00. The number of hydrogen-bond acceptors (Lipinski definition) is 4. The van der Waals surface area contributed by atoms with Gasteiger partial charge in [0, 0.05) is 6.04 Å². The molecular formula is C13H18FNO3. The standard InChI is InChI=1S/C13H18FNO3/c1-3-17-12(16)8-18-13-10(7-9(2)15)5-4-6-11(13)14/h4-6,9H,3,7-8,15H2,1-2H3. The molecule has 1 aromatic carbocycles. The second-order valence-corrected chi connectivity index (χ2v) is 4.00. The first-order valence-corrected chi connectivity index (χ1v) is 5.86. The Kier molecular flexibility index (Phi) is 5.58. The van der Waals surface area contributed by atoms with Gasteiger partial charge in [0.05, 0.1) is 6.61 Å². The van der Waals surface area contributed by atoms with Gasteiger partial charge in [-0.2, -0.15) is 0 Å². The average molecular weight is 255 g/mol. The van der Waals surface area contributed by atoms with Crippen molar-refractivity contribution < 1.29 is 18.7 Å². The van der Waals surface area contributed by atoms with E-state index >= 15 is 0 Å². The van der Waals surface area contributed by atoms with E-state index in [0.29, 0.717) is 12.0 Å². The summed E-state index contributed by atoms with van der Waals surface area (Å²) in [7, 11) is 0. The number of halogens is 1. The molecule has 0 saturated carbocycles. The third-order valence-electron chi connectivity index (χ3n) is 2.23. The first-order valence-electron chi connectivity index (χ1n) is 5.86. The van der Waals surface area contributed by atoms with Gasteiger partial charge in [0.25, 0.3) is 0 Å². The van der Waals surface area contributed by atoms with Crippen LogP contribution in [0.4, 0.5) is 4.39 Å². The predicted molar refractivity (Wildman–Crippen MR) is 65.9 cm³/mol. The van der Waals surface area contributed by atoms with E-state index < -0.39 is 11.8 Å². The van der Waals surface area contributed by atoms with E-state index in [-0.39, 0.29) is 25.0 Å². The Bertz CT molecular complexity index is 407. The molecule has 18 heavy (non-hydrogen) atoms. The molecule has 1 atom stereocenters. The van der Waals surface area contributed by atoms with Crippen molar-refractivity contribution in [2.24, 2.45) is 5.73 Å². The monoisotopic (exact) mass is 255 g/mol. The largest absolute Gasteiger partial charge is 0.479 e. The number of esters is 1. The van der Waals surface area contributed by atoms with Gasteiger partial charge in [-0.25, -0.2) is 9.18 Å². The number of carbonyl (C=O) groups excluding carboxylic acids is 1. The molecule has 0 heterocycles. The lowest BCUT2D eigenvalue weighted by Gasteiger charge is -2.13. The Labute approximate surface area is 106 Å². The van der Waals surface area contributed by atoms with Gasteiger partial charge in [0.1, 0.15) is 0 Å². The number of ether oxygens (including phenoxy) is 2. The lowest BCUT2D eigenvalue weighted by molar-refractivity contribution is -0.145. The van der Waals surface area contributed by atoms with Crippen LogP contribution in [0.25, 0.3) is 0 Å². The number of carbonyl (C=O) groups is 1. The summed E-state index contributed by atoms with van der Waals surface area (Å²) >= 11 is 0. The van der Waals surface area contributed by atoms with Crippen molar-refractivity contribution in [2.75, 3.05) is 13.2 Å². The maximum Gasteiger partial charge on any atom is 0.344 e. The highest BCUT2D eigenvalue weighted by molar-refractivity contribution is 5.71. The third kappa shape index (κ3) is 4.33. The van der Waals surface area contributed by atoms with Crippen LogP contribution in [0.15, 0.2) is 18.2 Å². The fraction of sp³-hybridized carbons (Fsp3) is 0.462. The van der Waals surface area contributed by atoms with Gasteiger partial charge in [0.15, 0.2) is 18.2 Å². The molecule has 0 spiro atoms. The van der Waals surface area contributed by atoms with Gasteiger partial charge in [-0.3, -0.25) is 0 Å². The van der Waals surface area contributed by atoms with Gasteiger partial charge in [0.2, 0.25) is 0 Å². The molecule has 1 aromatic rings. The highest BCUT2D eigenvalue weighted by Gasteiger charge is 2.13. The number of hydrogen-bond donors (Lipinski definition) is 1. The molecule has 0 aliphatic carbocycles. The van der Waals surface area contributed by atoms with Gasteiger partial charge in [-0.15, -0.1) is 0 Å². The Balaban J connectivity index is 2.76. The number of benzene rings is 1. The Morgan fingerprint density at radius 3 is 2.83 bits per heavy atom. The van der Waals surface area contributed by atoms with E-state index in [4.69, 9.17) is 15.2 Å². The molecule has 0 saturated heterocycles. The Morgan fingerprint density at radius 2 is 2.22 bits per heavy atom. The summed E-state index contributed by atoms with van der Waals surface area (Å²) in [6.45, 7) is 3.48. The van der Waals surface area contributed by atoms with Gasteiger partial charge in [-0.1, -0.05) is 12.1 Å². The van der Waals surface area contributed by atoms with E-state index in [0.717, 1.165) is 0 Å². The summed E-state index contributed by atoms with van der Waals surface area (Å²) in [4.78, 5) is 11.2. The zero-order valence-corrected chi connectivity index (χ0v) is 10.6. The van der Waals surface area contributed by atoms with Crippen molar-refractivity contribution in [3.63, 3.8) is 0 Å². The molecule has 0 aliphatic heterocycles. The molecule has 100 valence electrons. The van der Waals surface area contributed by atoms with Crippen LogP contribution in [0.3, 0.4) is 0 Å². The first kappa shape index (κ1) is 14.4. The van der Waals surface area contributed by atoms with E-state index in [2.05, 4.69) is 0 Å². The topological polar surface area (TPSA) is 61.5 Å². The summed E-state index contributed by atoms with van der Waals surface area (Å²) in [5.74, 6) is -0.951. The van der Waals surface area contributed by atoms with E-state index in [1.54, 1.807) is 19.1 Å². The molecule has 0 amide bonds. The van der Waals surface area contributed by atoms with Crippen molar-refractivity contribution >= 4 is 5.97 Å². The number of rotatable bonds is 6. The van der Waals surface area contributed by atoms with Crippen LogP contribution in [0.1, 0.15) is 19.4 Å². The van der Waals surface area contributed by atoms with Crippen LogP contribution in [-0.2, 0) is 16.0 Å². The molecule has 0 fully saturated rings. The van der Waals surface area contributed by atoms with Gasteiger partial charge < -0.3 is 15.2 Å². The minimum atomic E-state index is -0.521. The molecule has 0 radical (unpaired) electrons. The van der Waals surface area contributed by atoms with E-state index in [1.165, 1.54) is 6.07 Å². The predicted octanol–water partition coefficient (Wildman–Crippen LogP) is 1.66. The summed E-state index contributed by atoms with van der Waals surface area (Å²) in [6, 6.07) is 4.49. The minimum Gasteiger partial charge on any atom is -0.479 e. The lowest BCUT2D eigenvalue weighted by Crippen LogP contribution is -2.20. The van der Waals surface area contributed by atoms with E-state index in [9.17, 15) is 9.18 Å². The average Bonchev–Trinajstić information content (AvgIpc) is 2.28. The van der Waals surface area contributed by atoms with Crippen LogP contribution in [0.2, 0.25) is 0 Å². The van der Waals surface area contributed by atoms with Gasteiger partial charge in [-0.05, 0) is 31.9 Å². The van der Waals surface area contributed by atoms with E-state index in [1.807, 2.05) is 6.92 Å². The van der Waals surface area contributed by atoms with Gasteiger partial charge >= 0.3 is 5.97 Å². The van der Waals surface area contributed by atoms with Crippen LogP contribution in [-0.4, -0.2) is 25.2 Å². The smallest absolute Gasteiger partial charge is 0.344 e. The molecular weight excluding hydrogens is 237 g/mol. The highest BCUT2D eigenvalue weighted by atomic mass is 19.1. The molecule has 1 unspecified atom stereocenters. The molecule has 4 nitrogen and oxygen atoms in total. The molecule has 1 rings (SSSR count). The molecule has 0 aromatic heterocycles. The Hall–Kier alpha value is -1.62. The molecule has 2 N–H and O–H groups in total. The normalized spacial score (nSPS) is 12.0. The quantitative estimate of drug-likeness (QED) is 0.785. The summed E-state index contributed by atoms with van der Waals surface area (Å²) in [5.41, 5.74) is 6.32. The van der Waals surface area contributed by atoms with Crippen molar-refractivity contribution in [1.29, 1.82) is 0 Å². The maximum absolute atomic E-state index is 13.6. The molecule has 0 bridgehead atoms. The molecule has 5 heteroatoms. The third-order valence-corrected chi connectivity index (χ3v) is 2.23. The fourth-order valence-electron chi connectivity index (χ4n) is 1.56. The molecule has 0 aliphatic rings. The SMILES string of the molecule is CCOC(=O)COc1c(F)cccc1CC(C)N. The first-order chi connectivity index (χ1) is 8.54. The van der Waals surface area contributed by atoms with Crippen molar-refractivity contribution in [1.82, 2.24) is 0 Å². The highest BCUT2D eigenvalue weighted by Crippen LogP contribution is 2.23. The van der Waals surface area contributed by atoms with Crippen molar-refractivity contribution in [3.05, 3.63) is 29.6 Å². The zero-order chi connectivity index (χ0) is 13.5. The summed E-state index contributed by atoms with van der Waals surface area (Å²) in [6.07, 6.45) is 0.482. The number of nitrogens with two attached hydrogens (primary N) is 1. The maximum atomic E-state index is 13.6. The lowest BCUT2D eigenvalue weighted by atomic mass is 10.1. The van der Waals surface area contributed by atoms with Crippen LogP contribution < -0.4 is 10.5 Å².